The fraction of sp³-hybridized carbons (Fsp3) is 0.182. The van der Waals surface area contributed by atoms with Gasteiger partial charge in [0, 0.05) is 0 Å². The van der Waals surface area contributed by atoms with Crippen LogP contribution in [0.5, 0.6) is 0 Å². The van der Waals surface area contributed by atoms with E-state index in [1.807, 2.05) is 13.8 Å². The first-order valence-corrected chi connectivity index (χ1v) is 9.20. The molecule has 0 fully saturated rings. The predicted molar refractivity (Wildman–Crippen MR) is 116 cm³/mol. The highest BCUT2D eigenvalue weighted by atomic mass is 15.2. The first-order valence-electron chi connectivity index (χ1n) is 9.20. The van der Waals surface area contributed by atoms with Gasteiger partial charge in [0.05, 0.1) is 22.8 Å². The van der Waals surface area contributed by atoms with E-state index in [2.05, 4.69) is 30.7 Å². The minimum Gasteiger partial charge on any atom is -0.195 e. The van der Waals surface area contributed by atoms with Crippen LogP contribution in [0.2, 0.25) is 0 Å². The molecule has 0 atom stereocenters. The first kappa shape index (κ1) is 23.2. The molecule has 2 rings (SSSR count). The van der Waals surface area contributed by atoms with E-state index in [4.69, 9.17) is 21.0 Å². The molecule has 0 saturated heterocycles. The van der Waals surface area contributed by atoms with Crippen molar-refractivity contribution in [3.8, 4) is 24.3 Å². The number of benzene rings is 2. The maximum atomic E-state index is 8.70. The van der Waals surface area contributed by atoms with E-state index >= 15 is 0 Å². The third kappa shape index (κ3) is 6.77. The summed E-state index contributed by atoms with van der Waals surface area (Å²) in [5.74, 6) is 0. The predicted octanol–water partition coefficient (Wildman–Crippen LogP) is 4.92. The molecule has 0 saturated carbocycles. The van der Waals surface area contributed by atoms with Gasteiger partial charge in [-0.15, -0.1) is 0 Å². The average molecular weight is 420 g/mol. The second-order valence-corrected chi connectivity index (χ2v) is 6.22. The highest BCUT2D eigenvalue weighted by Gasteiger charge is 2.03. The van der Waals surface area contributed by atoms with E-state index in [9.17, 15) is 0 Å². The molecule has 0 unspecified atom stereocenters. The van der Waals surface area contributed by atoms with E-state index in [0.717, 1.165) is 11.1 Å². The molecule has 0 bridgehead atoms. The zero-order valence-electron chi connectivity index (χ0n) is 17.2. The molecule has 0 radical (unpaired) electrons. The van der Waals surface area contributed by atoms with Gasteiger partial charge < -0.3 is 0 Å². The van der Waals surface area contributed by atoms with Crippen LogP contribution in [0.1, 0.15) is 25.0 Å². The van der Waals surface area contributed by atoms with Crippen LogP contribution in [-0.2, 0) is 0 Å². The number of azo groups is 2. The van der Waals surface area contributed by atoms with Crippen molar-refractivity contribution < 1.29 is 0 Å². The molecular weight excluding hydrogens is 404 g/mol. The molecule has 2 aromatic rings. The van der Waals surface area contributed by atoms with Crippen LogP contribution in [-0.4, -0.2) is 23.5 Å². The van der Waals surface area contributed by atoms with Crippen molar-refractivity contribution in [2.24, 2.45) is 30.7 Å². The summed E-state index contributed by atoms with van der Waals surface area (Å²) in [5, 5.41) is 58.3. The minimum absolute atomic E-state index is 0.518. The van der Waals surface area contributed by atoms with E-state index in [1.54, 1.807) is 72.8 Å². The molecule has 0 N–H and O–H groups in total. The average Bonchev–Trinajstić information content (AvgIpc) is 2.84. The van der Waals surface area contributed by atoms with Crippen LogP contribution in [0.25, 0.3) is 0 Å². The second kappa shape index (κ2) is 11.8. The summed E-state index contributed by atoms with van der Waals surface area (Å²) >= 11 is 0. The lowest BCUT2D eigenvalue weighted by Crippen LogP contribution is -1.97. The van der Waals surface area contributed by atoms with Crippen molar-refractivity contribution in [1.29, 1.82) is 21.0 Å². The highest BCUT2D eigenvalue weighted by molar-refractivity contribution is 6.01. The molecule has 10 nitrogen and oxygen atoms in total. The second-order valence-electron chi connectivity index (χ2n) is 6.22. The molecule has 0 aliphatic rings. The summed E-state index contributed by atoms with van der Waals surface area (Å²) < 4.78 is 0. The molecule has 0 aromatic heterocycles. The van der Waals surface area contributed by atoms with Crippen LogP contribution >= 0.6 is 0 Å². The van der Waals surface area contributed by atoms with Crippen LogP contribution in [0.3, 0.4) is 0 Å². The summed E-state index contributed by atoms with van der Waals surface area (Å²) in [6, 6.07) is 18.6. The molecule has 10 heteroatoms. The highest BCUT2D eigenvalue weighted by Crippen LogP contribution is 2.16. The van der Waals surface area contributed by atoms with E-state index < -0.39 is 12.1 Å². The maximum absolute atomic E-state index is 8.70. The number of hydrogen-bond donors (Lipinski definition) is 0. The van der Waals surface area contributed by atoms with Gasteiger partial charge in [-0.2, -0.15) is 51.7 Å². The molecule has 0 aliphatic carbocycles. The van der Waals surface area contributed by atoms with Crippen LogP contribution in [0.15, 0.2) is 79.2 Å². The summed E-state index contributed by atoms with van der Waals surface area (Å²) in [5.41, 5.74) is 4.07. The minimum atomic E-state index is -1.13. The van der Waals surface area contributed by atoms with Crippen molar-refractivity contribution in [1.82, 2.24) is 0 Å². The Morgan fingerprint density at radius 3 is 1.19 bits per heavy atom. The van der Waals surface area contributed by atoms with Gasteiger partial charge in [-0.3, -0.25) is 0 Å². The largest absolute Gasteiger partial charge is 0.242 e. The molecule has 0 heterocycles. The van der Waals surface area contributed by atoms with Crippen molar-refractivity contribution in [3.05, 3.63) is 59.7 Å². The zero-order valence-corrected chi connectivity index (χ0v) is 17.2. The normalized spacial score (nSPS) is 12.0. The van der Waals surface area contributed by atoms with Gasteiger partial charge in [0.2, 0.25) is 12.1 Å². The Hall–Kier alpha value is -5.06. The Labute approximate surface area is 184 Å². The van der Waals surface area contributed by atoms with Crippen molar-refractivity contribution in [3.63, 3.8) is 0 Å². The van der Waals surface area contributed by atoms with Crippen LogP contribution in [0, 0.1) is 45.3 Å². The number of nitrogens with zero attached hydrogens (tertiary/aromatic N) is 10. The van der Waals surface area contributed by atoms with Gasteiger partial charge >= 0.3 is 0 Å². The molecule has 32 heavy (non-hydrogen) atoms. The number of hydrogen-bond acceptors (Lipinski definition) is 10. The van der Waals surface area contributed by atoms with Gasteiger partial charge in [0.25, 0.3) is 0 Å². The Morgan fingerprint density at radius 2 is 0.906 bits per heavy atom. The lowest BCUT2D eigenvalue weighted by Gasteiger charge is -2.02. The topological polar surface area (TPSA) is 169 Å². The molecule has 0 aliphatic heterocycles. The van der Waals surface area contributed by atoms with Gasteiger partial charge in [-0.25, -0.2) is 0 Å². The van der Waals surface area contributed by atoms with E-state index in [0.29, 0.717) is 22.8 Å². The van der Waals surface area contributed by atoms with Gasteiger partial charge in [0.1, 0.15) is 24.3 Å². The van der Waals surface area contributed by atoms with Crippen molar-refractivity contribution >= 4 is 22.8 Å². The fourth-order valence-corrected chi connectivity index (χ4v) is 2.21. The fourth-order valence-electron chi connectivity index (χ4n) is 2.21. The lowest BCUT2D eigenvalue weighted by molar-refractivity contribution is 0.949. The Balaban J connectivity index is 2.08. The SMILES string of the molecule is C/C(=N\N=C(/C)c1ccc(N=NC(C#N)C#N)cc1)c1ccc(N=NC(C#N)C#N)cc1. The van der Waals surface area contributed by atoms with Crippen molar-refractivity contribution in [2.75, 3.05) is 0 Å². The number of nitriles is 4. The smallest absolute Gasteiger partial charge is 0.195 e. The Kier molecular flexibility index (Phi) is 8.58. The lowest BCUT2D eigenvalue weighted by atomic mass is 10.1. The maximum Gasteiger partial charge on any atom is 0.242 e. The summed E-state index contributed by atoms with van der Waals surface area (Å²) in [4.78, 5) is 0. The summed E-state index contributed by atoms with van der Waals surface area (Å²) in [7, 11) is 0. The third-order valence-corrected chi connectivity index (χ3v) is 3.99. The third-order valence-electron chi connectivity index (χ3n) is 3.99. The molecule has 2 aromatic carbocycles. The summed E-state index contributed by atoms with van der Waals surface area (Å²) in [6.07, 6.45) is 0. The van der Waals surface area contributed by atoms with Crippen LogP contribution < -0.4 is 0 Å². The molecular formula is C22H16N10. The molecule has 0 spiro atoms. The van der Waals surface area contributed by atoms with E-state index in [-0.39, 0.29) is 0 Å². The monoisotopic (exact) mass is 420 g/mol. The van der Waals surface area contributed by atoms with E-state index in [1.165, 1.54) is 0 Å². The van der Waals surface area contributed by atoms with Gasteiger partial charge in [0.15, 0.2) is 0 Å². The van der Waals surface area contributed by atoms with Crippen LogP contribution in [0.4, 0.5) is 11.4 Å². The van der Waals surface area contributed by atoms with Gasteiger partial charge in [-0.1, -0.05) is 24.3 Å². The standard InChI is InChI=1S/C22H16N10/c1-15(17-3-7-19(8-4-17)29-31-21(11-23)12-24)27-28-16(2)18-5-9-20(10-6-18)30-32-22(13-25)14-26/h3-10,21-22H,1-2H3/b27-15+,28-16+,31-29?,32-30?. The Morgan fingerprint density at radius 1 is 0.594 bits per heavy atom. The summed E-state index contributed by atoms with van der Waals surface area (Å²) in [6.45, 7) is 3.64. The van der Waals surface area contributed by atoms with Gasteiger partial charge in [-0.05, 0) is 49.2 Å². The first-order chi connectivity index (χ1) is 15.5. The number of rotatable bonds is 7. The quantitative estimate of drug-likeness (QED) is 0.352. The van der Waals surface area contributed by atoms with Crippen molar-refractivity contribution in [2.45, 2.75) is 25.9 Å². The Bertz CT molecular complexity index is 1100. The molecule has 154 valence electrons. The zero-order chi connectivity index (χ0) is 23.3. The molecule has 0 amide bonds.